The summed E-state index contributed by atoms with van der Waals surface area (Å²) in [6.45, 7) is 2.92. The third kappa shape index (κ3) is 2.22. The summed E-state index contributed by atoms with van der Waals surface area (Å²) < 4.78 is 0. The van der Waals surface area contributed by atoms with Gasteiger partial charge in [-0.05, 0) is 31.2 Å². The maximum Gasteiger partial charge on any atom is 0.197 e. The number of benzene rings is 2. The first-order valence-electron chi connectivity index (χ1n) is 7.85. The number of hydrogen-bond acceptors (Lipinski definition) is 4. The molecule has 0 saturated carbocycles. The van der Waals surface area contributed by atoms with E-state index in [1.54, 1.807) is 42.1 Å². The van der Waals surface area contributed by atoms with E-state index in [4.69, 9.17) is 0 Å². The van der Waals surface area contributed by atoms with Gasteiger partial charge in [0.25, 0.3) is 0 Å². The van der Waals surface area contributed by atoms with Crippen molar-refractivity contribution in [3.63, 3.8) is 0 Å². The lowest BCUT2D eigenvalue weighted by molar-refractivity contribution is 0.0989. The number of hydrogen-bond donors (Lipinski definition) is 0. The fraction of sp³-hybridized carbons (Fsp3) is 0.100. The van der Waals surface area contributed by atoms with E-state index in [9.17, 15) is 9.59 Å². The number of anilines is 1. The molecule has 118 valence electrons. The Balaban J connectivity index is 1.70. The van der Waals surface area contributed by atoms with Crippen LogP contribution in [0.15, 0.2) is 76.2 Å². The Morgan fingerprint density at radius 3 is 2.21 bits per heavy atom. The highest BCUT2D eigenvalue weighted by Gasteiger charge is 2.32. The smallest absolute Gasteiger partial charge is 0.197 e. The third-order valence-corrected chi connectivity index (χ3v) is 5.38. The quantitative estimate of drug-likeness (QED) is 0.600. The van der Waals surface area contributed by atoms with Gasteiger partial charge in [0.2, 0.25) is 0 Å². The molecule has 0 unspecified atom stereocenters. The Kier molecular flexibility index (Phi) is 3.62. The molecule has 0 aromatic heterocycles. The lowest BCUT2D eigenvalue weighted by Crippen LogP contribution is -2.16. The fourth-order valence-electron chi connectivity index (χ4n) is 3.08. The van der Waals surface area contributed by atoms with Crippen LogP contribution >= 0.6 is 11.8 Å². The largest absolute Gasteiger partial charge is 0.335 e. The van der Waals surface area contributed by atoms with Crippen LogP contribution in [0.25, 0.3) is 0 Å². The molecular weight excluding hydrogens is 318 g/mol. The third-order valence-electron chi connectivity index (χ3n) is 4.25. The minimum atomic E-state index is -0.184. The first-order valence-corrected chi connectivity index (χ1v) is 8.67. The number of nitrogens with zero attached hydrogens (tertiary/aromatic N) is 1. The molecule has 2 aromatic rings. The van der Waals surface area contributed by atoms with Crippen LogP contribution in [-0.2, 0) is 0 Å². The van der Waals surface area contributed by atoms with Crippen molar-refractivity contribution >= 4 is 29.0 Å². The Labute approximate surface area is 144 Å². The highest BCUT2D eigenvalue weighted by Crippen LogP contribution is 2.45. The minimum Gasteiger partial charge on any atom is -0.335 e. The molecule has 0 bridgehead atoms. The van der Waals surface area contributed by atoms with Crippen LogP contribution in [0.3, 0.4) is 0 Å². The highest BCUT2D eigenvalue weighted by atomic mass is 32.2. The van der Waals surface area contributed by atoms with Gasteiger partial charge in [-0.2, -0.15) is 0 Å². The Hall–Kier alpha value is -2.59. The van der Waals surface area contributed by atoms with Crippen molar-refractivity contribution in [3.05, 3.63) is 82.4 Å². The van der Waals surface area contributed by atoms with E-state index in [0.717, 1.165) is 11.6 Å². The normalized spacial score (nSPS) is 17.5. The molecular formula is C20H15NO2S. The molecule has 24 heavy (non-hydrogen) atoms. The molecule has 0 amide bonds. The van der Waals surface area contributed by atoms with Crippen LogP contribution in [0.4, 0.5) is 5.69 Å². The predicted octanol–water partition coefficient (Wildman–Crippen LogP) is 4.47. The second-order valence-electron chi connectivity index (χ2n) is 5.60. The number of carbonyl (C=O) groups is 2. The summed E-state index contributed by atoms with van der Waals surface area (Å²) in [5.74, 6) is -0.369. The van der Waals surface area contributed by atoms with Crippen molar-refractivity contribution in [2.75, 3.05) is 11.4 Å². The molecule has 0 radical (unpaired) electrons. The molecule has 2 aliphatic rings. The fourth-order valence-corrected chi connectivity index (χ4v) is 4.21. The van der Waals surface area contributed by atoms with Crippen LogP contribution < -0.4 is 4.90 Å². The summed E-state index contributed by atoms with van der Waals surface area (Å²) in [5.41, 5.74) is 2.42. The van der Waals surface area contributed by atoms with Crippen LogP contribution in [0.2, 0.25) is 0 Å². The molecule has 4 heteroatoms. The van der Waals surface area contributed by atoms with Gasteiger partial charge in [0, 0.05) is 22.6 Å². The molecule has 0 spiro atoms. The van der Waals surface area contributed by atoms with Gasteiger partial charge in [0.15, 0.2) is 11.6 Å². The molecule has 0 atom stereocenters. The van der Waals surface area contributed by atoms with E-state index in [1.165, 1.54) is 10.6 Å². The maximum absolute atomic E-state index is 12.4. The zero-order valence-electron chi connectivity index (χ0n) is 13.2. The molecule has 3 nitrogen and oxygen atoms in total. The van der Waals surface area contributed by atoms with Gasteiger partial charge < -0.3 is 4.90 Å². The second kappa shape index (κ2) is 5.80. The van der Waals surface area contributed by atoms with Gasteiger partial charge in [-0.15, -0.1) is 0 Å². The SMILES string of the molecule is CCN1C(=CC=C2C(=O)c3ccccc3C2=O)Sc2ccccc21. The van der Waals surface area contributed by atoms with Gasteiger partial charge >= 0.3 is 0 Å². The van der Waals surface area contributed by atoms with Crippen LogP contribution in [-0.4, -0.2) is 18.1 Å². The highest BCUT2D eigenvalue weighted by molar-refractivity contribution is 8.03. The number of carbonyl (C=O) groups excluding carboxylic acids is 2. The van der Waals surface area contributed by atoms with Gasteiger partial charge in [-0.3, -0.25) is 9.59 Å². The summed E-state index contributed by atoms with van der Waals surface area (Å²) in [6.07, 6.45) is 3.55. The lowest BCUT2D eigenvalue weighted by atomic mass is 10.1. The van der Waals surface area contributed by atoms with Gasteiger partial charge in [0.05, 0.1) is 16.3 Å². The molecule has 0 fully saturated rings. The molecule has 1 aliphatic carbocycles. The van der Waals surface area contributed by atoms with Crippen LogP contribution in [0.5, 0.6) is 0 Å². The summed E-state index contributed by atoms with van der Waals surface area (Å²) >= 11 is 1.66. The van der Waals surface area contributed by atoms with E-state index >= 15 is 0 Å². The number of Topliss-reactive ketones (excluding diaryl/α,β-unsaturated/α-hetero) is 2. The predicted molar refractivity (Wildman–Crippen MR) is 96.6 cm³/mol. The van der Waals surface area contributed by atoms with Crippen molar-refractivity contribution in [2.45, 2.75) is 11.8 Å². The van der Waals surface area contributed by atoms with E-state index in [0.29, 0.717) is 11.1 Å². The number of rotatable bonds is 2. The summed E-state index contributed by atoms with van der Waals surface area (Å²) in [4.78, 5) is 28.3. The van der Waals surface area contributed by atoms with Crippen molar-refractivity contribution in [1.29, 1.82) is 0 Å². The first kappa shape index (κ1) is 15.0. The van der Waals surface area contributed by atoms with Crippen molar-refractivity contribution in [2.24, 2.45) is 0 Å². The van der Waals surface area contributed by atoms with Crippen molar-refractivity contribution in [1.82, 2.24) is 0 Å². The standard InChI is InChI=1S/C20H15NO2S/c1-2-21-16-9-5-6-10-17(16)24-18(21)12-11-15-19(22)13-7-3-4-8-14(13)20(15)23/h3-12H,2H2,1H3. The van der Waals surface area contributed by atoms with E-state index in [2.05, 4.69) is 24.0 Å². The number of para-hydroxylation sites is 1. The average Bonchev–Trinajstić information content (AvgIpc) is 3.09. The number of thioether (sulfide) groups is 1. The minimum absolute atomic E-state index is 0.184. The Morgan fingerprint density at radius 1 is 0.917 bits per heavy atom. The van der Waals surface area contributed by atoms with Crippen LogP contribution in [0.1, 0.15) is 27.6 Å². The van der Waals surface area contributed by atoms with Crippen molar-refractivity contribution < 1.29 is 9.59 Å². The maximum atomic E-state index is 12.4. The second-order valence-corrected chi connectivity index (χ2v) is 6.67. The Bertz CT molecular complexity index is 890. The van der Waals surface area contributed by atoms with Gasteiger partial charge in [0.1, 0.15) is 0 Å². The van der Waals surface area contributed by atoms with E-state index < -0.39 is 0 Å². The average molecular weight is 333 g/mol. The zero-order chi connectivity index (χ0) is 16.7. The lowest BCUT2D eigenvalue weighted by Gasteiger charge is -2.17. The monoisotopic (exact) mass is 333 g/mol. The summed E-state index contributed by atoms with van der Waals surface area (Å²) in [6, 6.07) is 15.2. The molecule has 0 saturated heterocycles. The summed E-state index contributed by atoms with van der Waals surface area (Å²) in [7, 11) is 0. The summed E-state index contributed by atoms with van der Waals surface area (Å²) in [5, 5.41) is 1.03. The molecule has 0 N–H and O–H groups in total. The van der Waals surface area contributed by atoms with Gasteiger partial charge in [-0.1, -0.05) is 48.2 Å². The Morgan fingerprint density at radius 2 is 1.54 bits per heavy atom. The van der Waals surface area contributed by atoms with E-state index in [1.807, 2.05) is 18.2 Å². The number of allylic oxidation sites excluding steroid dienone is 3. The first-order chi connectivity index (χ1) is 11.7. The zero-order valence-corrected chi connectivity index (χ0v) is 14.0. The molecule has 2 aromatic carbocycles. The molecule has 1 heterocycles. The topological polar surface area (TPSA) is 37.4 Å². The van der Waals surface area contributed by atoms with Crippen molar-refractivity contribution in [3.8, 4) is 0 Å². The number of fused-ring (bicyclic) bond motifs is 2. The van der Waals surface area contributed by atoms with E-state index in [-0.39, 0.29) is 17.1 Å². The molecule has 1 aliphatic heterocycles. The van der Waals surface area contributed by atoms with Crippen LogP contribution in [0, 0.1) is 0 Å². The molecule has 4 rings (SSSR count). The van der Waals surface area contributed by atoms with Gasteiger partial charge in [-0.25, -0.2) is 0 Å². The number of ketones is 2.